The van der Waals surface area contributed by atoms with Gasteiger partial charge in [-0.15, -0.1) is 0 Å². The zero-order valence-corrected chi connectivity index (χ0v) is 9.89. The lowest BCUT2D eigenvalue weighted by atomic mass is 9.96. The predicted molar refractivity (Wildman–Crippen MR) is 59.9 cm³/mol. The lowest BCUT2D eigenvalue weighted by Gasteiger charge is -2.13. The minimum atomic E-state index is -4.40. The number of hydrogen-bond donors (Lipinski definition) is 1. The molecule has 1 aromatic carbocycles. The van der Waals surface area contributed by atoms with Crippen molar-refractivity contribution in [1.29, 1.82) is 0 Å². The maximum Gasteiger partial charge on any atom is 0.441 e. The maximum atomic E-state index is 13.4. The SMILES string of the molecule is O=C(O)C(CCSC(F)(F)F)c1ccccc1F. The van der Waals surface area contributed by atoms with Crippen molar-refractivity contribution in [2.45, 2.75) is 17.8 Å². The summed E-state index contributed by atoms with van der Waals surface area (Å²) in [7, 11) is 0. The summed E-state index contributed by atoms with van der Waals surface area (Å²) in [6.45, 7) is 0. The van der Waals surface area contributed by atoms with Gasteiger partial charge in [0.1, 0.15) is 5.82 Å². The summed E-state index contributed by atoms with van der Waals surface area (Å²) in [5, 5.41) is 8.92. The van der Waals surface area contributed by atoms with Crippen LogP contribution in [0.15, 0.2) is 24.3 Å². The van der Waals surface area contributed by atoms with Crippen molar-refractivity contribution in [2.24, 2.45) is 0 Å². The van der Waals surface area contributed by atoms with E-state index in [-0.39, 0.29) is 23.7 Å². The average Bonchev–Trinajstić information content (AvgIpc) is 2.24. The van der Waals surface area contributed by atoms with Gasteiger partial charge in [-0.1, -0.05) is 30.0 Å². The molecule has 0 heterocycles. The number of halogens is 4. The van der Waals surface area contributed by atoms with Gasteiger partial charge in [0.15, 0.2) is 0 Å². The van der Waals surface area contributed by atoms with Crippen LogP contribution < -0.4 is 0 Å². The third-order valence-electron chi connectivity index (χ3n) is 2.25. The molecule has 1 unspecified atom stereocenters. The fourth-order valence-corrected chi connectivity index (χ4v) is 2.05. The summed E-state index contributed by atoms with van der Waals surface area (Å²) in [4.78, 5) is 11.0. The molecule has 0 fully saturated rings. The number of alkyl halides is 3. The van der Waals surface area contributed by atoms with Crippen molar-refractivity contribution in [2.75, 3.05) is 5.75 Å². The quantitative estimate of drug-likeness (QED) is 0.838. The highest BCUT2D eigenvalue weighted by Crippen LogP contribution is 2.33. The van der Waals surface area contributed by atoms with E-state index in [1.807, 2.05) is 0 Å². The van der Waals surface area contributed by atoms with E-state index in [1.54, 1.807) is 0 Å². The summed E-state index contributed by atoms with van der Waals surface area (Å²) in [6.07, 6.45) is -0.277. The first-order valence-electron chi connectivity index (χ1n) is 4.99. The van der Waals surface area contributed by atoms with Crippen LogP contribution in [0.5, 0.6) is 0 Å². The van der Waals surface area contributed by atoms with E-state index in [0.29, 0.717) is 0 Å². The van der Waals surface area contributed by atoms with Gasteiger partial charge >= 0.3 is 11.5 Å². The minimum absolute atomic E-state index is 0.0900. The largest absolute Gasteiger partial charge is 0.481 e. The first kappa shape index (κ1) is 14.8. The number of benzene rings is 1. The molecule has 1 rings (SSSR count). The second-order valence-corrected chi connectivity index (χ2v) is 4.66. The molecule has 0 radical (unpaired) electrons. The zero-order valence-electron chi connectivity index (χ0n) is 9.08. The standard InChI is InChI=1S/C11H10F4O2S/c12-9-4-2-1-3-7(9)8(10(16)17)5-6-18-11(13,14)15/h1-4,8H,5-6H2,(H,16,17). The van der Waals surface area contributed by atoms with Crippen molar-refractivity contribution < 1.29 is 27.5 Å². The third kappa shape index (κ3) is 4.56. The number of hydrogen-bond acceptors (Lipinski definition) is 2. The van der Waals surface area contributed by atoms with Gasteiger partial charge in [0.25, 0.3) is 0 Å². The van der Waals surface area contributed by atoms with Crippen molar-refractivity contribution in [3.05, 3.63) is 35.6 Å². The topological polar surface area (TPSA) is 37.3 Å². The summed E-state index contributed by atoms with van der Waals surface area (Å²) >= 11 is -0.306. The monoisotopic (exact) mass is 282 g/mol. The number of aliphatic carboxylic acids is 1. The molecule has 18 heavy (non-hydrogen) atoms. The Morgan fingerprint density at radius 2 is 1.94 bits per heavy atom. The van der Waals surface area contributed by atoms with Crippen molar-refractivity contribution in [3.8, 4) is 0 Å². The molecule has 7 heteroatoms. The Morgan fingerprint density at radius 1 is 1.33 bits per heavy atom. The van der Waals surface area contributed by atoms with E-state index >= 15 is 0 Å². The number of carboxylic acid groups (broad SMARTS) is 1. The first-order chi connectivity index (χ1) is 8.31. The maximum absolute atomic E-state index is 13.4. The second kappa shape index (κ2) is 6.08. The molecular formula is C11H10F4O2S. The fourth-order valence-electron chi connectivity index (χ4n) is 1.46. The van der Waals surface area contributed by atoms with Gasteiger partial charge in [-0.2, -0.15) is 13.2 Å². The lowest BCUT2D eigenvalue weighted by molar-refractivity contribution is -0.138. The Balaban J connectivity index is 2.73. The molecule has 2 nitrogen and oxygen atoms in total. The molecule has 0 amide bonds. The molecule has 0 aliphatic heterocycles. The van der Waals surface area contributed by atoms with Crippen LogP contribution in [0.1, 0.15) is 17.9 Å². The van der Waals surface area contributed by atoms with Gasteiger partial charge in [0.05, 0.1) is 5.92 Å². The van der Waals surface area contributed by atoms with Crippen LogP contribution in [0.25, 0.3) is 0 Å². The molecule has 0 aromatic heterocycles. The fraction of sp³-hybridized carbons (Fsp3) is 0.364. The molecule has 1 atom stereocenters. The van der Waals surface area contributed by atoms with Crippen molar-refractivity contribution in [3.63, 3.8) is 0 Å². The minimum Gasteiger partial charge on any atom is -0.481 e. The van der Waals surface area contributed by atoms with E-state index in [2.05, 4.69) is 0 Å². The lowest BCUT2D eigenvalue weighted by Crippen LogP contribution is -2.15. The van der Waals surface area contributed by atoms with Crippen LogP contribution in [0.4, 0.5) is 17.6 Å². The van der Waals surface area contributed by atoms with E-state index < -0.39 is 29.0 Å². The normalized spacial score (nSPS) is 13.3. The Bertz CT molecular complexity index is 420. The molecule has 100 valence electrons. The van der Waals surface area contributed by atoms with Crippen LogP contribution in [-0.2, 0) is 4.79 Å². The van der Waals surface area contributed by atoms with Crippen LogP contribution >= 0.6 is 11.8 Å². The Morgan fingerprint density at radius 3 is 2.44 bits per heavy atom. The van der Waals surface area contributed by atoms with Crippen LogP contribution in [0.3, 0.4) is 0 Å². The second-order valence-electron chi connectivity index (χ2n) is 3.50. The number of thioether (sulfide) groups is 1. The summed E-state index contributed by atoms with van der Waals surface area (Å²) in [5.74, 6) is -3.74. The van der Waals surface area contributed by atoms with Gasteiger partial charge in [0.2, 0.25) is 0 Å². The molecule has 0 bridgehead atoms. The van der Waals surface area contributed by atoms with E-state index in [0.717, 1.165) is 6.07 Å². The van der Waals surface area contributed by atoms with Gasteiger partial charge in [0, 0.05) is 11.3 Å². The smallest absolute Gasteiger partial charge is 0.441 e. The molecule has 1 aromatic rings. The van der Waals surface area contributed by atoms with Crippen LogP contribution in [0.2, 0.25) is 0 Å². The van der Waals surface area contributed by atoms with Crippen LogP contribution in [-0.4, -0.2) is 22.3 Å². The average molecular weight is 282 g/mol. The Kier molecular flexibility index (Phi) is 5.01. The molecule has 0 aliphatic carbocycles. The summed E-state index contributed by atoms with van der Waals surface area (Å²) < 4.78 is 49.2. The highest BCUT2D eigenvalue weighted by Gasteiger charge is 2.30. The van der Waals surface area contributed by atoms with E-state index in [9.17, 15) is 22.4 Å². The summed E-state index contributed by atoms with van der Waals surface area (Å²) in [5.41, 5.74) is -4.49. The number of rotatable bonds is 5. The Labute approximate surface area is 105 Å². The predicted octanol–water partition coefficient (Wildman–Crippen LogP) is 3.64. The van der Waals surface area contributed by atoms with Gasteiger partial charge in [-0.25, -0.2) is 4.39 Å². The van der Waals surface area contributed by atoms with Crippen molar-refractivity contribution in [1.82, 2.24) is 0 Å². The number of carboxylic acids is 1. The molecule has 0 saturated carbocycles. The van der Waals surface area contributed by atoms with Gasteiger partial charge in [-0.3, -0.25) is 4.79 Å². The highest BCUT2D eigenvalue weighted by atomic mass is 32.2. The van der Waals surface area contributed by atoms with Crippen LogP contribution in [0, 0.1) is 5.82 Å². The number of carbonyl (C=O) groups is 1. The third-order valence-corrected chi connectivity index (χ3v) is 3.02. The van der Waals surface area contributed by atoms with Crippen molar-refractivity contribution >= 4 is 17.7 Å². The molecule has 0 spiro atoms. The molecular weight excluding hydrogens is 272 g/mol. The van der Waals surface area contributed by atoms with Gasteiger partial charge in [-0.05, 0) is 12.5 Å². The highest BCUT2D eigenvalue weighted by molar-refractivity contribution is 8.00. The molecule has 1 N–H and O–H groups in total. The molecule has 0 aliphatic rings. The van der Waals surface area contributed by atoms with Gasteiger partial charge < -0.3 is 5.11 Å². The first-order valence-corrected chi connectivity index (χ1v) is 5.98. The van der Waals surface area contributed by atoms with E-state index in [4.69, 9.17) is 5.11 Å². The molecule has 0 saturated heterocycles. The zero-order chi connectivity index (χ0) is 13.8. The van der Waals surface area contributed by atoms with E-state index in [1.165, 1.54) is 18.2 Å². The summed E-state index contributed by atoms with van der Waals surface area (Å²) in [6, 6.07) is 5.20. The Hall–Kier alpha value is -1.24.